The number of carbonyl (C=O) groups is 1. The van der Waals surface area contributed by atoms with Crippen LogP contribution >= 0.6 is 0 Å². The Morgan fingerprint density at radius 1 is 1.41 bits per heavy atom. The molecule has 96 valence electrons. The van der Waals surface area contributed by atoms with Crippen LogP contribution in [0.3, 0.4) is 0 Å². The normalized spacial score (nSPS) is 19.7. The lowest BCUT2D eigenvalue weighted by molar-refractivity contribution is -0.133. The van der Waals surface area contributed by atoms with Crippen molar-refractivity contribution >= 4 is 15.9 Å². The van der Waals surface area contributed by atoms with Gasteiger partial charge in [-0.2, -0.15) is 4.31 Å². The van der Waals surface area contributed by atoms with Crippen LogP contribution < -0.4 is 5.73 Å². The summed E-state index contributed by atoms with van der Waals surface area (Å²) in [5.41, 5.74) is 5.61. The van der Waals surface area contributed by atoms with Crippen LogP contribution in [0.1, 0.15) is 6.42 Å². The topological polar surface area (TPSA) is 83.7 Å². The number of amides is 1. The van der Waals surface area contributed by atoms with Gasteiger partial charge in [-0.05, 0) is 0 Å². The summed E-state index contributed by atoms with van der Waals surface area (Å²) in [5.74, 6) is 2.13. The molecule has 1 amide bonds. The van der Waals surface area contributed by atoms with Gasteiger partial charge in [0.15, 0.2) is 0 Å². The number of nitrogens with zero attached hydrogens (tertiary/aromatic N) is 2. The third kappa shape index (κ3) is 3.70. The maximum atomic E-state index is 11.8. The Bertz CT molecular complexity index is 419. The SMILES string of the molecule is C#CCC(N)C(=O)N1CCN(S(C)(=O)=O)CC1. The summed E-state index contributed by atoms with van der Waals surface area (Å²) >= 11 is 0. The molecule has 0 aromatic rings. The van der Waals surface area contributed by atoms with Crippen LogP contribution in [0.4, 0.5) is 0 Å². The Balaban J connectivity index is 2.53. The predicted octanol–water partition coefficient (Wildman–Crippen LogP) is -1.56. The number of rotatable bonds is 3. The summed E-state index contributed by atoms with van der Waals surface area (Å²) in [5, 5.41) is 0. The Morgan fingerprint density at radius 3 is 2.35 bits per heavy atom. The lowest BCUT2D eigenvalue weighted by Crippen LogP contribution is -2.54. The summed E-state index contributed by atoms with van der Waals surface area (Å²) in [6.45, 7) is 1.36. The molecule has 1 saturated heterocycles. The van der Waals surface area contributed by atoms with Crippen LogP contribution in [0.2, 0.25) is 0 Å². The van der Waals surface area contributed by atoms with Gasteiger partial charge in [0.05, 0.1) is 12.3 Å². The summed E-state index contributed by atoms with van der Waals surface area (Å²) in [4.78, 5) is 13.3. The van der Waals surface area contributed by atoms with Gasteiger partial charge in [0.2, 0.25) is 15.9 Å². The summed E-state index contributed by atoms with van der Waals surface area (Å²) in [6.07, 6.45) is 6.45. The molecule has 7 heteroatoms. The highest BCUT2D eigenvalue weighted by Gasteiger charge is 2.28. The molecule has 1 unspecified atom stereocenters. The van der Waals surface area contributed by atoms with Crippen molar-refractivity contribution in [1.29, 1.82) is 0 Å². The van der Waals surface area contributed by atoms with Crippen molar-refractivity contribution in [1.82, 2.24) is 9.21 Å². The third-order valence-corrected chi connectivity index (χ3v) is 3.98. The van der Waals surface area contributed by atoms with E-state index in [9.17, 15) is 13.2 Å². The highest BCUT2D eigenvalue weighted by Crippen LogP contribution is 2.07. The van der Waals surface area contributed by atoms with Crippen LogP contribution in [-0.2, 0) is 14.8 Å². The van der Waals surface area contributed by atoms with Gasteiger partial charge in [-0.15, -0.1) is 12.3 Å². The van der Waals surface area contributed by atoms with Gasteiger partial charge >= 0.3 is 0 Å². The molecule has 17 heavy (non-hydrogen) atoms. The van der Waals surface area contributed by atoms with E-state index in [2.05, 4.69) is 5.92 Å². The Kier molecular flexibility index (Phi) is 4.51. The van der Waals surface area contributed by atoms with Gasteiger partial charge in [0, 0.05) is 32.6 Å². The molecule has 6 nitrogen and oxygen atoms in total. The molecule has 0 saturated carbocycles. The van der Waals surface area contributed by atoms with Crippen LogP contribution in [0.15, 0.2) is 0 Å². The average Bonchev–Trinajstić information content (AvgIpc) is 2.27. The first-order chi connectivity index (χ1) is 7.86. The van der Waals surface area contributed by atoms with E-state index in [1.54, 1.807) is 4.90 Å². The minimum atomic E-state index is -3.17. The fourth-order valence-electron chi connectivity index (χ4n) is 1.69. The third-order valence-electron chi connectivity index (χ3n) is 2.67. The second-order valence-electron chi connectivity index (χ2n) is 4.00. The summed E-state index contributed by atoms with van der Waals surface area (Å²) < 4.78 is 23.9. The number of nitrogens with two attached hydrogens (primary N) is 1. The zero-order valence-corrected chi connectivity index (χ0v) is 10.6. The Labute approximate surface area is 102 Å². The van der Waals surface area contributed by atoms with Crippen molar-refractivity contribution in [3.05, 3.63) is 0 Å². The second-order valence-corrected chi connectivity index (χ2v) is 5.98. The molecule has 2 N–H and O–H groups in total. The Morgan fingerprint density at radius 2 is 1.94 bits per heavy atom. The fraction of sp³-hybridized carbons (Fsp3) is 0.700. The van der Waals surface area contributed by atoms with Gasteiger partial charge in [0.1, 0.15) is 0 Å². The molecule has 1 atom stereocenters. The van der Waals surface area contributed by atoms with Crippen molar-refractivity contribution in [2.45, 2.75) is 12.5 Å². The monoisotopic (exact) mass is 259 g/mol. The molecule has 0 aromatic carbocycles. The van der Waals surface area contributed by atoms with Crippen molar-refractivity contribution in [3.8, 4) is 12.3 Å². The Hall–Kier alpha value is -1.10. The highest BCUT2D eigenvalue weighted by molar-refractivity contribution is 7.88. The molecule has 1 aliphatic rings. The summed E-state index contributed by atoms with van der Waals surface area (Å²) in [6, 6.07) is -0.690. The van der Waals surface area contributed by atoms with E-state index in [0.717, 1.165) is 6.26 Å². The maximum Gasteiger partial charge on any atom is 0.240 e. The van der Waals surface area contributed by atoms with Crippen LogP contribution in [-0.4, -0.2) is 62.0 Å². The summed E-state index contributed by atoms with van der Waals surface area (Å²) in [7, 11) is -3.17. The van der Waals surface area contributed by atoms with E-state index in [1.165, 1.54) is 4.31 Å². The number of hydrogen-bond donors (Lipinski definition) is 1. The van der Waals surface area contributed by atoms with E-state index >= 15 is 0 Å². The molecule has 1 aliphatic heterocycles. The molecule has 1 rings (SSSR count). The molecule has 1 fully saturated rings. The maximum absolute atomic E-state index is 11.8. The average molecular weight is 259 g/mol. The predicted molar refractivity (Wildman–Crippen MR) is 64.4 cm³/mol. The smallest absolute Gasteiger partial charge is 0.240 e. The zero-order chi connectivity index (χ0) is 13.1. The molecular weight excluding hydrogens is 242 g/mol. The number of piperazine rings is 1. The number of carbonyl (C=O) groups excluding carboxylic acids is 1. The van der Waals surface area contributed by atoms with E-state index < -0.39 is 16.1 Å². The highest BCUT2D eigenvalue weighted by atomic mass is 32.2. The molecule has 0 aromatic heterocycles. The number of sulfonamides is 1. The van der Waals surface area contributed by atoms with E-state index in [0.29, 0.717) is 26.2 Å². The first-order valence-corrected chi connectivity index (χ1v) is 7.14. The first-order valence-electron chi connectivity index (χ1n) is 5.29. The fourth-order valence-corrected chi connectivity index (χ4v) is 2.52. The van der Waals surface area contributed by atoms with Gasteiger partial charge in [-0.3, -0.25) is 4.79 Å². The molecular formula is C10H17N3O3S. The van der Waals surface area contributed by atoms with Crippen molar-refractivity contribution < 1.29 is 13.2 Å². The van der Waals surface area contributed by atoms with Crippen LogP contribution in [0, 0.1) is 12.3 Å². The lowest BCUT2D eigenvalue weighted by atomic mass is 10.2. The minimum absolute atomic E-state index is 0.200. The van der Waals surface area contributed by atoms with E-state index in [-0.39, 0.29) is 12.3 Å². The first kappa shape index (κ1) is 14.0. The molecule has 0 aliphatic carbocycles. The van der Waals surface area contributed by atoms with Crippen molar-refractivity contribution in [2.24, 2.45) is 5.73 Å². The lowest BCUT2D eigenvalue weighted by Gasteiger charge is -2.34. The van der Waals surface area contributed by atoms with Gasteiger partial charge in [-0.25, -0.2) is 8.42 Å². The van der Waals surface area contributed by atoms with Crippen molar-refractivity contribution in [3.63, 3.8) is 0 Å². The number of terminal acetylenes is 1. The quantitative estimate of drug-likeness (QED) is 0.621. The van der Waals surface area contributed by atoms with Gasteiger partial charge < -0.3 is 10.6 Å². The van der Waals surface area contributed by atoms with Crippen LogP contribution in [0.25, 0.3) is 0 Å². The zero-order valence-electron chi connectivity index (χ0n) is 9.80. The molecule has 0 bridgehead atoms. The van der Waals surface area contributed by atoms with Gasteiger partial charge in [0.25, 0.3) is 0 Å². The minimum Gasteiger partial charge on any atom is -0.339 e. The molecule has 0 spiro atoms. The standard InChI is InChI=1S/C10H17N3O3S/c1-3-4-9(11)10(14)12-5-7-13(8-6-12)17(2,15)16/h1,9H,4-8,11H2,2H3. The van der Waals surface area contributed by atoms with Crippen LogP contribution in [0.5, 0.6) is 0 Å². The van der Waals surface area contributed by atoms with Gasteiger partial charge in [-0.1, -0.05) is 0 Å². The largest absolute Gasteiger partial charge is 0.339 e. The molecule has 0 radical (unpaired) electrons. The second kappa shape index (κ2) is 5.49. The van der Waals surface area contributed by atoms with Crippen molar-refractivity contribution in [2.75, 3.05) is 32.4 Å². The van der Waals surface area contributed by atoms with E-state index in [4.69, 9.17) is 12.2 Å². The molecule has 1 heterocycles. The van der Waals surface area contributed by atoms with E-state index in [1.807, 2.05) is 0 Å². The number of hydrogen-bond acceptors (Lipinski definition) is 4.